The monoisotopic (exact) mass is 294 g/mol. The van der Waals surface area contributed by atoms with Gasteiger partial charge in [-0.05, 0) is 40.3 Å². The van der Waals surface area contributed by atoms with Crippen molar-refractivity contribution in [2.75, 3.05) is 33.5 Å². The van der Waals surface area contributed by atoms with Crippen LogP contribution in [0.25, 0.3) is 0 Å². The third-order valence-corrected chi connectivity index (χ3v) is 5.63. The molecule has 0 radical (unpaired) electrons. The van der Waals surface area contributed by atoms with Gasteiger partial charge in [-0.3, -0.25) is 4.57 Å². The zero-order chi connectivity index (χ0) is 14.8. The van der Waals surface area contributed by atoms with Crippen molar-refractivity contribution in [2.45, 2.75) is 0 Å². The van der Waals surface area contributed by atoms with Gasteiger partial charge in [0.05, 0.1) is 0 Å². The molecule has 20 heavy (non-hydrogen) atoms. The van der Waals surface area contributed by atoms with Gasteiger partial charge in [-0.1, -0.05) is 18.2 Å². The SMILES string of the molecule is CN(C)P(=O)(N(C)C)n1cnc(Nc2ccccc2)n1. The van der Waals surface area contributed by atoms with E-state index in [4.69, 9.17) is 0 Å². The van der Waals surface area contributed by atoms with Crippen molar-refractivity contribution < 1.29 is 4.57 Å². The van der Waals surface area contributed by atoms with Crippen molar-refractivity contribution in [3.63, 3.8) is 0 Å². The van der Waals surface area contributed by atoms with Crippen LogP contribution in [-0.2, 0) is 4.57 Å². The highest BCUT2D eigenvalue weighted by atomic mass is 31.2. The second kappa shape index (κ2) is 5.75. The first kappa shape index (κ1) is 14.7. The summed E-state index contributed by atoms with van der Waals surface area (Å²) in [5.41, 5.74) is 0.884. The highest BCUT2D eigenvalue weighted by Crippen LogP contribution is 2.49. The van der Waals surface area contributed by atoms with E-state index in [1.807, 2.05) is 30.3 Å². The quantitative estimate of drug-likeness (QED) is 0.852. The second-order valence-electron chi connectivity index (χ2n) is 4.69. The maximum absolute atomic E-state index is 13.0. The van der Waals surface area contributed by atoms with Crippen LogP contribution >= 0.6 is 7.59 Å². The molecule has 8 heteroatoms. The lowest BCUT2D eigenvalue weighted by atomic mass is 10.3. The summed E-state index contributed by atoms with van der Waals surface area (Å²) in [6.45, 7) is 0. The number of rotatable bonds is 5. The van der Waals surface area contributed by atoms with Gasteiger partial charge in [-0.2, -0.15) is 9.44 Å². The molecule has 7 nitrogen and oxygen atoms in total. The summed E-state index contributed by atoms with van der Waals surface area (Å²) in [4.78, 5) is 4.16. The molecule has 0 spiro atoms. The van der Waals surface area contributed by atoms with Crippen molar-refractivity contribution >= 4 is 19.2 Å². The minimum absolute atomic E-state index is 0.417. The third-order valence-electron chi connectivity index (χ3n) is 2.82. The molecule has 0 unspecified atom stereocenters. The molecule has 0 aliphatic heterocycles. The predicted molar refractivity (Wildman–Crippen MR) is 80.1 cm³/mol. The molecule has 1 aromatic heterocycles. The molecular weight excluding hydrogens is 275 g/mol. The fourth-order valence-electron chi connectivity index (χ4n) is 1.81. The average Bonchev–Trinajstić information content (AvgIpc) is 2.87. The number of benzene rings is 1. The standard InChI is InChI=1S/C12H19N6OP/c1-16(2)20(19,17(3)4)18-10-13-12(15-18)14-11-8-6-5-7-9-11/h5-10H,1-4H3,(H,14,15). The van der Waals surface area contributed by atoms with Crippen molar-refractivity contribution in [2.24, 2.45) is 0 Å². The number of anilines is 2. The van der Waals surface area contributed by atoms with E-state index in [0.29, 0.717) is 5.95 Å². The highest BCUT2D eigenvalue weighted by molar-refractivity contribution is 7.57. The Morgan fingerprint density at radius 1 is 1.10 bits per heavy atom. The topological polar surface area (TPSA) is 66.3 Å². The average molecular weight is 294 g/mol. The lowest BCUT2D eigenvalue weighted by Crippen LogP contribution is -2.26. The van der Waals surface area contributed by atoms with E-state index in [2.05, 4.69) is 15.4 Å². The van der Waals surface area contributed by atoms with Gasteiger partial charge >= 0.3 is 7.59 Å². The van der Waals surface area contributed by atoms with Crippen LogP contribution in [0.15, 0.2) is 36.7 Å². The molecule has 0 fully saturated rings. The van der Waals surface area contributed by atoms with Crippen LogP contribution < -0.4 is 5.32 Å². The third kappa shape index (κ3) is 2.75. The Hall–Kier alpha value is -1.69. The van der Waals surface area contributed by atoms with E-state index >= 15 is 0 Å². The smallest absolute Gasteiger partial charge is 0.323 e. The maximum Gasteiger partial charge on any atom is 0.331 e. The van der Waals surface area contributed by atoms with Crippen LogP contribution in [-0.4, -0.2) is 52.1 Å². The molecule has 0 atom stereocenters. The van der Waals surface area contributed by atoms with E-state index in [1.165, 1.54) is 10.8 Å². The molecule has 1 N–H and O–H groups in total. The van der Waals surface area contributed by atoms with Gasteiger partial charge in [-0.15, -0.1) is 5.10 Å². The van der Waals surface area contributed by atoms with Crippen molar-refractivity contribution in [3.05, 3.63) is 36.7 Å². The molecule has 0 saturated carbocycles. The van der Waals surface area contributed by atoms with E-state index < -0.39 is 7.59 Å². The van der Waals surface area contributed by atoms with Gasteiger partial charge < -0.3 is 5.32 Å². The Bertz CT molecular complexity index is 597. The molecule has 0 amide bonds. The Kier molecular flexibility index (Phi) is 4.23. The zero-order valence-corrected chi connectivity index (χ0v) is 13.0. The fourth-order valence-corrected chi connectivity index (χ4v) is 3.65. The number of nitrogens with zero attached hydrogens (tertiary/aromatic N) is 5. The largest absolute Gasteiger partial charge is 0.331 e. The lowest BCUT2D eigenvalue weighted by molar-refractivity contribution is 0.430. The summed E-state index contributed by atoms with van der Waals surface area (Å²) in [7, 11) is 4.10. The molecule has 108 valence electrons. The van der Waals surface area contributed by atoms with Crippen LogP contribution in [0.1, 0.15) is 0 Å². The normalized spacial score (nSPS) is 12.1. The van der Waals surface area contributed by atoms with Gasteiger partial charge in [0.1, 0.15) is 6.33 Å². The molecule has 2 aromatic rings. The number of hydrogen-bond donors (Lipinski definition) is 1. The summed E-state index contributed by atoms with van der Waals surface area (Å²) in [5.74, 6) is 0.417. The fraction of sp³-hybridized carbons (Fsp3) is 0.333. The van der Waals surface area contributed by atoms with Crippen molar-refractivity contribution in [1.29, 1.82) is 0 Å². The van der Waals surface area contributed by atoms with Crippen LogP contribution in [0, 0.1) is 0 Å². The Balaban J connectivity index is 2.27. The first-order valence-electron chi connectivity index (χ1n) is 6.15. The molecule has 0 aliphatic rings. The van der Waals surface area contributed by atoms with Crippen molar-refractivity contribution in [1.82, 2.24) is 23.9 Å². The summed E-state index contributed by atoms with van der Waals surface area (Å²) in [6.07, 6.45) is 1.48. The Labute approximate surface area is 118 Å². The molecular formula is C12H19N6OP. The van der Waals surface area contributed by atoms with Gasteiger partial charge in [0.25, 0.3) is 0 Å². The summed E-state index contributed by atoms with van der Waals surface area (Å²) in [5, 5.41) is 7.34. The minimum atomic E-state index is -2.93. The van der Waals surface area contributed by atoms with E-state index in [1.54, 1.807) is 37.5 Å². The lowest BCUT2D eigenvalue weighted by Gasteiger charge is -2.29. The predicted octanol–water partition coefficient (Wildman–Crippen LogP) is 2.10. The molecule has 0 saturated heterocycles. The second-order valence-corrected chi connectivity index (χ2v) is 7.72. The number of para-hydroxylation sites is 1. The molecule has 0 aliphatic carbocycles. The van der Waals surface area contributed by atoms with Crippen LogP contribution in [0.5, 0.6) is 0 Å². The number of aromatic nitrogens is 3. The minimum Gasteiger partial charge on any atom is -0.323 e. The highest BCUT2D eigenvalue weighted by Gasteiger charge is 2.32. The van der Waals surface area contributed by atoms with Crippen LogP contribution in [0.3, 0.4) is 0 Å². The van der Waals surface area contributed by atoms with E-state index in [9.17, 15) is 4.57 Å². The van der Waals surface area contributed by atoms with Gasteiger partial charge in [0.15, 0.2) is 0 Å². The molecule has 1 heterocycles. The summed E-state index contributed by atoms with van der Waals surface area (Å²) < 4.78 is 17.7. The van der Waals surface area contributed by atoms with Crippen LogP contribution in [0.2, 0.25) is 0 Å². The first-order valence-corrected chi connectivity index (χ1v) is 7.71. The first-order chi connectivity index (χ1) is 9.44. The summed E-state index contributed by atoms with van der Waals surface area (Å²) in [6, 6.07) is 9.60. The molecule has 1 aromatic carbocycles. The van der Waals surface area contributed by atoms with Gasteiger partial charge in [-0.25, -0.2) is 9.34 Å². The molecule has 0 bridgehead atoms. The van der Waals surface area contributed by atoms with Crippen LogP contribution in [0.4, 0.5) is 11.6 Å². The van der Waals surface area contributed by atoms with Gasteiger partial charge in [0, 0.05) is 5.69 Å². The Morgan fingerprint density at radius 3 is 2.25 bits per heavy atom. The van der Waals surface area contributed by atoms with Gasteiger partial charge in [0.2, 0.25) is 5.95 Å². The maximum atomic E-state index is 13.0. The number of nitrogens with one attached hydrogen (secondary N) is 1. The Morgan fingerprint density at radius 2 is 1.70 bits per heavy atom. The molecule has 2 rings (SSSR count). The number of hydrogen-bond acceptors (Lipinski definition) is 4. The van der Waals surface area contributed by atoms with Crippen molar-refractivity contribution in [3.8, 4) is 0 Å². The van der Waals surface area contributed by atoms with E-state index in [0.717, 1.165) is 5.69 Å². The van der Waals surface area contributed by atoms with E-state index in [-0.39, 0.29) is 0 Å². The zero-order valence-electron chi connectivity index (χ0n) is 12.1. The summed E-state index contributed by atoms with van der Waals surface area (Å²) >= 11 is 0.